The number of aromatic nitrogens is 1. The van der Waals surface area contributed by atoms with Gasteiger partial charge in [0, 0.05) is 11.2 Å². The minimum absolute atomic E-state index is 0.140. The molecule has 0 aliphatic carbocycles. The zero-order valence-electron chi connectivity index (χ0n) is 9.15. The third kappa shape index (κ3) is 2.57. The molecule has 1 aromatic carbocycles. The number of rotatable bonds is 2. The van der Waals surface area contributed by atoms with Crippen molar-refractivity contribution >= 4 is 28.9 Å². The van der Waals surface area contributed by atoms with Gasteiger partial charge in [-0.3, -0.25) is 9.78 Å². The Balaban J connectivity index is 2.28. The van der Waals surface area contributed by atoms with E-state index in [4.69, 9.17) is 17.3 Å². The quantitative estimate of drug-likeness (QED) is 0.877. The number of nitrogens with zero attached hydrogens (tertiary/aromatic N) is 1. The predicted molar refractivity (Wildman–Crippen MR) is 68.0 cm³/mol. The van der Waals surface area contributed by atoms with Gasteiger partial charge in [0.15, 0.2) is 0 Å². The smallest absolute Gasteiger partial charge is 0.258 e. The number of carbonyl (C=O) groups excluding carboxylic acids is 1. The Morgan fingerprint density at radius 3 is 2.89 bits per heavy atom. The highest BCUT2D eigenvalue weighted by molar-refractivity contribution is 6.31. The van der Waals surface area contributed by atoms with Gasteiger partial charge < -0.3 is 11.1 Å². The highest BCUT2D eigenvalue weighted by Gasteiger charge is 2.13. The summed E-state index contributed by atoms with van der Waals surface area (Å²) in [6.07, 6.45) is 2.87. The van der Waals surface area contributed by atoms with Crippen LogP contribution in [0.3, 0.4) is 0 Å². The molecule has 2 aromatic rings. The molecular weight excluding hydrogens is 257 g/mol. The van der Waals surface area contributed by atoms with E-state index < -0.39 is 11.7 Å². The van der Waals surface area contributed by atoms with Crippen LogP contribution in [0.25, 0.3) is 0 Å². The molecule has 0 radical (unpaired) electrons. The van der Waals surface area contributed by atoms with Crippen LogP contribution in [0.5, 0.6) is 0 Å². The van der Waals surface area contributed by atoms with Crippen molar-refractivity contribution in [2.24, 2.45) is 0 Å². The van der Waals surface area contributed by atoms with Crippen LogP contribution >= 0.6 is 11.6 Å². The Labute approximate surface area is 108 Å². The Morgan fingerprint density at radius 1 is 1.39 bits per heavy atom. The molecule has 3 N–H and O–H groups in total. The fraction of sp³-hybridized carbons (Fsp3) is 0. The second-order valence-corrected chi connectivity index (χ2v) is 3.98. The molecule has 0 atom stereocenters. The van der Waals surface area contributed by atoms with Crippen LogP contribution in [-0.4, -0.2) is 10.9 Å². The lowest BCUT2D eigenvalue weighted by Gasteiger charge is -2.08. The number of nitrogen functional groups attached to an aromatic ring is 1. The Kier molecular flexibility index (Phi) is 3.43. The molecule has 0 spiro atoms. The molecule has 1 heterocycles. The van der Waals surface area contributed by atoms with E-state index in [0.717, 1.165) is 6.07 Å². The summed E-state index contributed by atoms with van der Waals surface area (Å²) in [5.74, 6) is -1.27. The number of hydrogen-bond donors (Lipinski definition) is 2. The van der Waals surface area contributed by atoms with Crippen LogP contribution in [0.1, 0.15) is 10.4 Å². The molecule has 1 aromatic heterocycles. The number of nitrogens with two attached hydrogens (primary N) is 1. The molecule has 0 fully saturated rings. The topological polar surface area (TPSA) is 68.0 Å². The van der Waals surface area contributed by atoms with Crippen molar-refractivity contribution in [2.75, 3.05) is 11.1 Å². The maximum atomic E-state index is 13.5. The standard InChI is InChI=1S/C12H9ClFN3O/c13-7-1-2-9(14)8(5-7)12(18)17-11-3-4-16-6-10(11)15/h1-6H,15H2,(H,16,17,18). The van der Waals surface area contributed by atoms with E-state index in [1.165, 1.54) is 30.6 Å². The van der Waals surface area contributed by atoms with Gasteiger partial charge in [0.1, 0.15) is 5.82 Å². The summed E-state index contributed by atoms with van der Waals surface area (Å²) in [5, 5.41) is 2.77. The number of nitrogens with one attached hydrogen (secondary N) is 1. The average Bonchev–Trinajstić information content (AvgIpc) is 2.35. The zero-order valence-corrected chi connectivity index (χ0v) is 9.91. The largest absolute Gasteiger partial charge is 0.396 e. The molecular formula is C12H9ClFN3O. The van der Waals surface area contributed by atoms with Crippen molar-refractivity contribution in [3.8, 4) is 0 Å². The molecule has 0 bridgehead atoms. The molecule has 92 valence electrons. The maximum Gasteiger partial charge on any atom is 0.258 e. The fourth-order valence-corrected chi connectivity index (χ4v) is 1.55. The minimum Gasteiger partial charge on any atom is -0.396 e. The Morgan fingerprint density at radius 2 is 2.17 bits per heavy atom. The molecule has 0 aliphatic heterocycles. The first-order chi connectivity index (χ1) is 8.58. The number of anilines is 2. The van der Waals surface area contributed by atoms with E-state index in [2.05, 4.69) is 10.3 Å². The third-order valence-corrected chi connectivity index (χ3v) is 2.51. The molecule has 2 rings (SSSR count). The van der Waals surface area contributed by atoms with Crippen molar-refractivity contribution in [3.63, 3.8) is 0 Å². The van der Waals surface area contributed by atoms with Crippen LogP contribution in [-0.2, 0) is 0 Å². The van der Waals surface area contributed by atoms with Crippen molar-refractivity contribution in [1.29, 1.82) is 0 Å². The van der Waals surface area contributed by atoms with Gasteiger partial charge in [-0.25, -0.2) is 4.39 Å². The number of hydrogen-bond acceptors (Lipinski definition) is 3. The van der Waals surface area contributed by atoms with E-state index in [1.807, 2.05) is 0 Å². The van der Waals surface area contributed by atoms with E-state index in [0.29, 0.717) is 11.4 Å². The summed E-state index contributed by atoms with van der Waals surface area (Å²) in [6, 6.07) is 5.28. The number of halogens is 2. The van der Waals surface area contributed by atoms with Crippen LogP contribution in [0.15, 0.2) is 36.7 Å². The van der Waals surface area contributed by atoms with Crippen LogP contribution in [0.4, 0.5) is 15.8 Å². The van der Waals surface area contributed by atoms with Gasteiger partial charge in [-0.2, -0.15) is 0 Å². The summed E-state index contributed by atoms with van der Waals surface area (Å²) in [4.78, 5) is 15.6. The normalized spacial score (nSPS) is 10.1. The third-order valence-electron chi connectivity index (χ3n) is 2.27. The van der Waals surface area contributed by atoms with E-state index in [1.54, 1.807) is 0 Å². The van der Waals surface area contributed by atoms with Crippen LogP contribution < -0.4 is 11.1 Å². The second-order valence-electron chi connectivity index (χ2n) is 3.54. The lowest BCUT2D eigenvalue weighted by molar-refractivity contribution is 0.102. The summed E-state index contributed by atoms with van der Waals surface area (Å²) in [5.41, 5.74) is 6.15. The molecule has 1 amide bonds. The SMILES string of the molecule is Nc1cnccc1NC(=O)c1cc(Cl)ccc1F. The monoisotopic (exact) mass is 265 g/mol. The van der Waals surface area contributed by atoms with Crippen LogP contribution in [0.2, 0.25) is 5.02 Å². The number of carbonyl (C=O) groups is 1. The molecule has 4 nitrogen and oxygen atoms in total. The first kappa shape index (κ1) is 12.3. The van der Waals surface area contributed by atoms with E-state index in [-0.39, 0.29) is 10.6 Å². The highest BCUT2D eigenvalue weighted by atomic mass is 35.5. The average molecular weight is 266 g/mol. The van der Waals surface area contributed by atoms with Gasteiger partial charge in [0.05, 0.1) is 23.1 Å². The molecule has 0 saturated carbocycles. The zero-order chi connectivity index (χ0) is 13.1. The molecule has 0 aliphatic rings. The molecule has 6 heteroatoms. The van der Waals surface area contributed by atoms with E-state index in [9.17, 15) is 9.18 Å². The summed E-state index contributed by atoms with van der Waals surface area (Å²) < 4.78 is 13.5. The number of amides is 1. The summed E-state index contributed by atoms with van der Waals surface area (Å²) in [6.45, 7) is 0. The van der Waals surface area contributed by atoms with Crippen molar-refractivity contribution in [3.05, 3.63) is 53.1 Å². The van der Waals surface area contributed by atoms with Gasteiger partial charge in [0.2, 0.25) is 0 Å². The lowest BCUT2D eigenvalue weighted by Crippen LogP contribution is -2.15. The highest BCUT2D eigenvalue weighted by Crippen LogP contribution is 2.19. The first-order valence-electron chi connectivity index (χ1n) is 5.04. The number of benzene rings is 1. The molecule has 0 saturated heterocycles. The van der Waals surface area contributed by atoms with Crippen molar-refractivity contribution in [1.82, 2.24) is 4.98 Å². The van der Waals surface area contributed by atoms with Crippen LogP contribution in [0, 0.1) is 5.82 Å². The predicted octanol–water partition coefficient (Wildman–Crippen LogP) is 2.71. The second kappa shape index (κ2) is 5.01. The molecule has 18 heavy (non-hydrogen) atoms. The van der Waals surface area contributed by atoms with Crippen molar-refractivity contribution in [2.45, 2.75) is 0 Å². The Bertz CT molecular complexity index is 604. The minimum atomic E-state index is -0.649. The van der Waals surface area contributed by atoms with Gasteiger partial charge in [-0.1, -0.05) is 11.6 Å². The Hall–Kier alpha value is -2.14. The lowest BCUT2D eigenvalue weighted by atomic mass is 10.2. The molecule has 0 unspecified atom stereocenters. The maximum absolute atomic E-state index is 13.5. The van der Waals surface area contributed by atoms with E-state index >= 15 is 0 Å². The van der Waals surface area contributed by atoms with Gasteiger partial charge in [0.25, 0.3) is 5.91 Å². The fourth-order valence-electron chi connectivity index (χ4n) is 1.38. The van der Waals surface area contributed by atoms with Crippen molar-refractivity contribution < 1.29 is 9.18 Å². The number of pyridine rings is 1. The van der Waals surface area contributed by atoms with Gasteiger partial charge in [-0.15, -0.1) is 0 Å². The van der Waals surface area contributed by atoms with Gasteiger partial charge >= 0.3 is 0 Å². The van der Waals surface area contributed by atoms with Gasteiger partial charge in [-0.05, 0) is 24.3 Å². The summed E-state index contributed by atoms with van der Waals surface area (Å²) in [7, 11) is 0. The first-order valence-corrected chi connectivity index (χ1v) is 5.41. The summed E-state index contributed by atoms with van der Waals surface area (Å²) >= 11 is 5.71.